The summed E-state index contributed by atoms with van der Waals surface area (Å²) in [4.78, 5) is 25.8. The van der Waals surface area contributed by atoms with Gasteiger partial charge in [0.15, 0.2) is 18.1 Å². The molecule has 7 heteroatoms. The third-order valence-electron chi connectivity index (χ3n) is 3.77. The van der Waals surface area contributed by atoms with E-state index in [1.165, 1.54) is 4.90 Å². The van der Waals surface area contributed by atoms with Crippen molar-refractivity contribution in [2.45, 2.75) is 6.92 Å². The molecule has 7 nitrogen and oxygen atoms in total. The van der Waals surface area contributed by atoms with Crippen molar-refractivity contribution >= 4 is 23.7 Å². The zero-order valence-electron chi connectivity index (χ0n) is 14.6. The highest BCUT2D eigenvalue weighted by molar-refractivity contribution is 6.23. The summed E-state index contributed by atoms with van der Waals surface area (Å²) in [6.07, 6.45) is 1.60. The van der Waals surface area contributed by atoms with E-state index in [1.54, 1.807) is 48.5 Å². The number of benzene rings is 2. The van der Waals surface area contributed by atoms with Gasteiger partial charge in [0.25, 0.3) is 5.91 Å². The highest BCUT2D eigenvalue weighted by atomic mass is 16.5. The maximum absolute atomic E-state index is 12.3. The lowest BCUT2D eigenvalue weighted by Gasteiger charge is -2.15. The Kier molecular flexibility index (Phi) is 5.38. The first-order valence-electron chi connectivity index (χ1n) is 8.33. The van der Waals surface area contributed by atoms with Gasteiger partial charge in [-0.2, -0.15) is 5.26 Å². The molecule has 0 aromatic heterocycles. The van der Waals surface area contributed by atoms with E-state index in [0.717, 1.165) is 0 Å². The summed E-state index contributed by atoms with van der Waals surface area (Å²) in [5.41, 5.74) is 1.45. The fourth-order valence-electron chi connectivity index (χ4n) is 2.66. The predicted octanol–water partition coefficient (Wildman–Crippen LogP) is 3.08. The van der Waals surface area contributed by atoms with Gasteiger partial charge in [0.1, 0.15) is 11.8 Å². The average Bonchev–Trinajstić information content (AvgIpc) is 2.95. The van der Waals surface area contributed by atoms with Crippen LogP contribution >= 0.6 is 0 Å². The topological polar surface area (TPSA) is 91.7 Å². The fourth-order valence-corrected chi connectivity index (χ4v) is 2.66. The third-order valence-corrected chi connectivity index (χ3v) is 3.77. The number of amides is 3. The van der Waals surface area contributed by atoms with Crippen LogP contribution in [0, 0.1) is 11.3 Å². The first-order valence-corrected chi connectivity index (χ1v) is 8.33. The first-order chi connectivity index (χ1) is 13.1. The molecule has 0 atom stereocenters. The molecule has 1 aliphatic heterocycles. The van der Waals surface area contributed by atoms with Gasteiger partial charge >= 0.3 is 6.03 Å². The van der Waals surface area contributed by atoms with Crippen molar-refractivity contribution in [1.82, 2.24) is 5.32 Å². The average molecular weight is 363 g/mol. The van der Waals surface area contributed by atoms with E-state index in [-0.39, 0.29) is 12.3 Å². The summed E-state index contributed by atoms with van der Waals surface area (Å²) >= 11 is 0. The number of hydrogen-bond acceptors (Lipinski definition) is 5. The lowest BCUT2D eigenvalue weighted by molar-refractivity contribution is -0.115. The van der Waals surface area contributed by atoms with Crippen LogP contribution in [0.1, 0.15) is 12.5 Å². The third kappa shape index (κ3) is 3.90. The van der Waals surface area contributed by atoms with E-state index in [9.17, 15) is 9.59 Å². The van der Waals surface area contributed by atoms with Crippen LogP contribution in [0.3, 0.4) is 0 Å². The SMILES string of the molecule is CCOc1cc(/C=C2\C(=O)NC(=O)N2c2ccccc2)ccc1OCC#N. The molecular weight excluding hydrogens is 346 g/mol. The van der Waals surface area contributed by atoms with Gasteiger partial charge in [0, 0.05) is 0 Å². The Bertz CT molecular complexity index is 932. The smallest absolute Gasteiger partial charge is 0.333 e. The number of ether oxygens (including phenoxy) is 2. The minimum Gasteiger partial charge on any atom is -0.490 e. The van der Waals surface area contributed by atoms with Crippen molar-refractivity contribution < 1.29 is 19.1 Å². The molecule has 2 aromatic rings. The summed E-state index contributed by atoms with van der Waals surface area (Å²) < 4.78 is 10.9. The molecule has 1 aliphatic rings. The molecule has 0 aliphatic carbocycles. The van der Waals surface area contributed by atoms with Gasteiger partial charge in [0.2, 0.25) is 0 Å². The number of carbonyl (C=O) groups excluding carboxylic acids is 2. The largest absolute Gasteiger partial charge is 0.490 e. The van der Waals surface area contributed by atoms with Crippen LogP contribution in [-0.2, 0) is 4.79 Å². The summed E-state index contributed by atoms with van der Waals surface area (Å²) in [5, 5.41) is 11.0. The van der Waals surface area contributed by atoms with Crippen molar-refractivity contribution in [3.05, 3.63) is 59.8 Å². The molecule has 1 saturated heterocycles. The molecule has 2 aromatic carbocycles. The summed E-state index contributed by atoms with van der Waals surface area (Å²) in [6, 6.07) is 15.4. The maximum atomic E-state index is 12.3. The summed E-state index contributed by atoms with van der Waals surface area (Å²) in [7, 11) is 0. The summed E-state index contributed by atoms with van der Waals surface area (Å²) in [6.45, 7) is 2.15. The molecule has 0 unspecified atom stereocenters. The number of imide groups is 1. The highest BCUT2D eigenvalue weighted by Gasteiger charge is 2.34. The normalized spacial score (nSPS) is 14.8. The molecule has 3 amide bonds. The van der Waals surface area contributed by atoms with Gasteiger partial charge in [-0.15, -0.1) is 0 Å². The van der Waals surface area contributed by atoms with E-state index >= 15 is 0 Å². The number of carbonyl (C=O) groups is 2. The van der Waals surface area contributed by atoms with Crippen molar-refractivity contribution in [1.29, 1.82) is 5.26 Å². The second-order valence-electron chi connectivity index (χ2n) is 5.55. The van der Waals surface area contributed by atoms with Crippen LogP contribution in [-0.4, -0.2) is 25.2 Å². The molecule has 136 valence electrons. The van der Waals surface area contributed by atoms with Crippen molar-refractivity contribution in [2.75, 3.05) is 18.1 Å². The van der Waals surface area contributed by atoms with Crippen molar-refractivity contribution in [3.8, 4) is 17.6 Å². The van der Waals surface area contributed by atoms with Crippen molar-refractivity contribution in [3.63, 3.8) is 0 Å². The van der Waals surface area contributed by atoms with Crippen LogP contribution in [0.15, 0.2) is 54.2 Å². The quantitative estimate of drug-likeness (QED) is 0.629. The first kappa shape index (κ1) is 18.0. The number of nitrogens with one attached hydrogen (secondary N) is 1. The Morgan fingerprint density at radius 1 is 1.11 bits per heavy atom. The molecule has 0 spiro atoms. The lowest BCUT2D eigenvalue weighted by Crippen LogP contribution is -2.27. The Hall–Kier alpha value is -3.79. The highest BCUT2D eigenvalue weighted by Crippen LogP contribution is 2.31. The number of anilines is 1. The van der Waals surface area contributed by atoms with Crippen LogP contribution < -0.4 is 19.7 Å². The van der Waals surface area contributed by atoms with Crippen LogP contribution in [0.5, 0.6) is 11.5 Å². The van der Waals surface area contributed by atoms with Gasteiger partial charge in [-0.05, 0) is 42.8 Å². The zero-order valence-corrected chi connectivity index (χ0v) is 14.6. The number of para-hydroxylation sites is 1. The van der Waals surface area contributed by atoms with E-state index in [2.05, 4.69) is 5.32 Å². The van der Waals surface area contributed by atoms with Crippen molar-refractivity contribution in [2.24, 2.45) is 0 Å². The number of nitriles is 1. The second-order valence-corrected chi connectivity index (χ2v) is 5.55. The molecule has 27 heavy (non-hydrogen) atoms. The Morgan fingerprint density at radius 2 is 1.89 bits per heavy atom. The van der Waals surface area contributed by atoms with E-state index in [1.807, 2.05) is 19.1 Å². The number of hydrogen-bond donors (Lipinski definition) is 1. The van der Waals surface area contributed by atoms with Crippen LogP contribution in [0.25, 0.3) is 6.08 Å². The van der Waals surface area contributed by atoms with Crippen LogP contribution in [0.4, 0.5) is 10.5 Å². The molecule has 1 N–H and O–H groups in total. The Balaban J connectivity index is 1.98. The van der Waals surface area contributed by atoms with E-state index in [4.69, 9.17) is 14.7 Å². The van der Waals surface area contributed by atoms with Gasteiger partial charge in [-0.3, -0.25) is 15.0 Å². The minimum atomic E-state index is -0.503. The van der Waals surface area contributed by atoms with E-state index < -0.39 is 11.9 Å². The molecule has 1 fully saturated rings. The molecule has 3 rings (SSSR count). The molecule has 0 bridgehead atoms. The lowest BCUT2D eigenvalue weighted by atomic mass is 10.1. The maximum Gasteiger partial charge on any atom is 0.333 e. The summed E-state index contributed by atoms with van der Waals surface area (Å²) in [5.74, 6) is 0.414. The fraction of sp³-hybridized carbons (Fsp3) is 0.150. The van der Waals surface area contributed by atoms with Gasteiger partial charge < -0.3 is 9.47 Å². The Labute approximate surface area is 156 Å². The number of rotatable bonds is 6. The number of urea groups is 1. The predicted molar refractivity (Wildman–Crippen MR) is 99.2 cm³/mol. The molecular formula is C20H17N3O4. The number of nitrogens with zero attached hydrogens (tertiary/aromatic N) is 2. The van der Waals surface area contributed by atoms with Gasteiger partial charge in [-0.25, -0.2) is 4.79 Å². The Morgan fingerprint density at radius 3 is 2.59 bits per heavy atom. The zero-order chi connectivity index (χ0) is 19.2. The van der Waals surface area contributed by atoms with Gasteiger partial charge in [-0.1, -0.05) is 24.3 Å². The molecule has 0 saturated carbocycles. The minimum absolute atomic E-state index is 0.0980. The standard InChI is InChI=1S/C20H17N3O4/c1-2-26-18-13-14(8-9-17(18)27-11-10-21)12-16-19(24)22-20(25)23(16)15-6-4-3-5-7-15/h3-9,12-13H,2,11H2,1H3,(H,22,24,25)/b16-12+. The molecule has 0 radical (unpaired) electrons. The van der Waals surface area contributed by atoms with E-state index in [0.29, 0.717) is 29.4 Å². The molecule has 1 heterocycles. The van der Waals surface area contributed by atoms with Gasteiger partial charge in [0.05, 0.1) is 12.3 Å². The monoisotopic (exact) mass is 363 g/mol. The second kappa shape index (κ2) is 8.06. The van der Waals surface area contributed by atoms with Crippen LogP contribution in [0.2, 0.25) is 0 Å².